The second-order valence-electron chi connectivity index (χ2n) is 15.4. The molecule has 6 heterocycles. The standard InChI is InChI=1S/C24H24ClN3O3S.C23H20ClN3O3S.CH3.BrH.Mg/c1-24(2,30)20-6-5-19(32-20)15-9-16-10-17(31-23(16)18(25)11-15)13-28-22(29)8-4-14-3-7-21(26)27-12-14;1-13(28)19-4-5-20(31-19)15-8-16-9-17(30-23(16)18(24)10-15)12-27-22(29)7-3-14-2-6-21(25)26-11-14;;;/h3-9,11-12,17,30H,10,13H2,1-2H3,(H2,26,27)(H,28,29);2-8,10-11,17H,9,12H2,1H3,(H2,25,26)(H,27,29);1H3;1H;/q;;-1;;+2/p-1/b8-4+;7-3+;;;. The number of benzene rings is 2. The first-order valence-corrected chi connectivity index (χ1v) is 22.2. The summed E-state index contributed by atoms with van der Waals surface area (Å²) in [7, 11) is 0. The van der Waals surface area contributed by atoms with Gasteiger partial charge in [-0.05, 0) is 128 Å². The van der Waals surface area contributed by atoms with Gasteiger partial charge in [0.25, 0.3) is 0 Å². The van der Waals surface area contributed by atoms with E-state index in [1.807, 2.05) is 42.5 Å². The van der Waals surface area contributed by atoms with Crippen molar-refractivity contribution in [1.82, 2.24) is 20.6 Å². The molecule has 0 fully saturated rings. The molecule has 8 rings (SSSR count). The molecule has 4 aromatic heterocycles. The Morgan fingerprint density at radius 1 is 0.758 bits per heavy atom. The average Bonchev–Trinajstić information content (AvgIpc) is 4.08. The number of hydrogen-bond donors (Lipinski definition) is 5. The Morgan fingerprint density at radius 3 is 1.61 bits per heavy atom. The van der Waals surface area contributed by atoms with Crippen molar-refractivity contribution in [1.29, 1.82) is 0 Å². The van der Waals surface area contributed by atoms with Gasteiger partial charge in [-0.2, -0.15) is 0 Å². The van der Waals surface area contributed by atoms with Crippen LogP contribution in [0.15, 0.2) is 97.3 Å². The van der Waals surface area contributed by atoms with Crippen LogP contribution in [-0.2, 0) is 28.0 Å². The number of nitrogens with zero attached hydrogens (tertiary/aromatic N) is 2. The fourth-order valence-corrected chi connectivity index (χ4v) is 9.16. The van der Waals surface area contributed by atoms with Gasteiger partial charge in [0.05, 0.1) is 33.6 Å². The number of nitrogens with one attached hydrogen (secondary N) is 2. The number of carbonyl (C=O) groups excluding carboxylic acids is 3. The molecule has 66 heavy (non-hydrogen) atoms. The molecule has 0 bridgehead atoms. The van der Waals surface area contributed by atoms with Crippen LogP contribution in [0.2, 0.25) is 10.0 Å². The monoisotopic (exact) mass is 1040 g/mol. The van der Waals surface area contributed by atoms with Gasteiger partial charge in [0.1, 0.15) is 35.3 Å². The number of carbonyl (C=O) groups is 3. The van der Waals surface area contributed by atoms with Crippen LogP contribution >= 0.6 is 45.9 Å². The maximum absolute atomic E-state index is 12.2. The van der Waals surface area contributed by atoms with Crippen molar-refractivity contribution in [3.05, 3.63) is 147 Å². The normalized spacial score (nSPS) is 14.6. The topological polar surface area (TPSA) is 192 Å². The quantitative estimate of drug-likeness (QED) is 0.0430. The van der Waals surface area contributed by atoms with Crippen LogP contribution in [0, 0.1) is 7.43 Å². The van der Waals surface area contributed by atoms with E-state index in [4.69, 9.17) is 44.1 Å². The summed E-state index contributed by atoms with van der Waals surface area (Å²) in [5.41, 5.74) is 15.7. The first kappa shape index (κ1) is 53.8. The molecule has 12 nitrogen and oxygen atoms in total. The van der Waals surface area contributed by atoms with E-state index in [1.165, 1.54) is 23.5 Å². The van der Waals surface area contributed by atoms with E-state index in [2.05, 4.69) is 26.7 Å². The maximum Gasteiger partial charge on any atom is 2.00 e. The molecular weight excluding hydrogens is 996 g/mol. The summed E-state index contributed by atoms with van der Waals surface area (Å²) in [6.45, 7) is 5.82. The van der Waals surface area contributed by atoms with Gasteiger partial charge < -0.3 is 61.1 Å². The van der Waals surface area contributed by atoms with Crippen molar-refractivity contribution in [2.45, 2.75) is 51.4 Å². The van der Waals surface area contributed by atoms with Gasteiger partial charge in [-0.1, -0.05) is 23.2 Å². The van der Waals surface area contributed by atoms with Crippen LogP contribution in [0.4, 0.5) is 11.6 Å². The number of fused-ring (bicyclic) bond motifs is 2. The van der Waals surface area contributed by atoms with Crippen molar-refractivity contribution in [3.63, 3.8) is 0 Å². The summed E-state index contributed by atoms with van der Waals surface area (Å²) >= 11 is 15.9. The maximum atomic E-state index is 12.2. The number of nitrogens with two attached hydrogens (primary N) is 2. The van der Waals surface area contributed by atoms with Gasteiger partial charge in [-0.15, -0.1) is 22.7 Å². The number of halogens is 3. The third kappa shape index (κ3) is 14.1. The molecule has 0 saturated carbocycles. The van der Waals surface area contributed by atoms with E-state index in [1.54, 1.807) is 80.9 Å². The zero-order chi connectivity index (χ0) is 44.8. The Balaban J connectivity index is 0.000000276. The van der Waals surface area contributed by atoms with Gasteiger partial charge >= 0.3 is 23.1 Å². The van der Waals surface area contributed by atoms with Crippen LogP contribution in [0.25, 0.3) is 33.0 Å². The molecule has 0 saturated heterocycles. The fourth-order valence-electron chi connectivity index (χ4n) is 6.71. The largest absolute Gasteiger partial charge is 2.00 e. The molecule has 340 valence electrons. The number of aliphatic hydroxyl groups is 1. The number of ketones is 1. The number of anilines is 2. The second kappa shape index (κ2) is 23.8. The van der Waals surface area contributed by atoms with Crippen LogP contribution in [0.3, 0.4) is 0 Å². The summed E-state index contributed by atoms with van der Waals surface area (Å²) < 4.78 is 11.9. The molecule has 2 aliphatic heterocycles. The average molecular weight is 1040 g/mol. The van der Waals surface area contributed by atoms with Gasteiger partial charge in [0.2, 0.25) is 11.8 Å². The molecule has 2 aliphatic rings. The minimum absolute atomic E-state index is 0. The Morgan fingerprint density at radius 2 is 1.21 bits per heavy atom. The molecule has 2 aromatic carbocycles. The molecule has 2 atom stereocenters. The van der Waals surface area contributed by atoms with Crippen LogP contribution in [-0.4, -0.2) is 81.0 Å². The Hall–Kier alpha value is -4.78. The molecular formula is C48H47BrCl2MgN6O6S2. The van der Waals surface area contributed by atoms with Gasteiger partial charge in [0.15, 0.2) is 5.78 Å². The third-order valence-corrected chi connectivity index (χ3v) is 13.2. The molecule has 18 heteroatoms. The number of pyridine rings is 2. The summed E-state index contributed by atoms with van der Waals surface area (Å²) in [6, 6.07) is 22.4. The van der Waals surface area contributed by atoms with E-state index in [-0.39, 0.29) is 77.3 Å². The zero-order valence-electron chi connectivity index (χ0n) is 36.6. The van der Waals surface area contributed by atoms with Crippen LogP contribution < -0.4 is 48.6 Å². The number of aromatic nitrogens is 2. The fraction of sp³-hybridized carbons (Fsp3) is 0.208. The third-order valence-electron chi connectivity index (χ3n) is 9.92. The second-order valence-corrected chi connectivity index (χ2v) is 18.4. The molecule has 2 unspecified atom stereocenters. The van der Waals surface area contributed by atoms with Crippen LogP contribution in [0.1, 0.15) is 57.6 Å². The SMILES string of the molecule is CC(=O)c1ccc(-c2cc(Cl)c3c(c2)CC(CNC(=O)/C=C/c2ccc(N)nc2)O3)s1.CC(C)(O)c1ccc(-c2cc(Cl)c3c(c2)CC(CNC(=O)/C=C/c2ccc(N)nc2)O3)s1.[Br-].[CH3-].[Mg+2]. The first-order chi connectivity index (χ1) is 30.1. The van der Waals surface area contributed by atoms with E-state index in [0.29, 0.717) is 64.0 Å². The van der Waals surface area contributed by atoms with Gasteiger partial charge in [-0.25, -0.2) is 9.97 Å². The molecule has 6 aromatic rings. The molecule has 2 amide bonds. The zero-order valence-corrected chi connectivity index (χ0v) is 42.7. The summed E-state index contributed by atoms with van der Waals surface area (Å²) in [6.07, 6.45) is 10.4. The summed E-state index contributed by atoms with van der Waals surface area (Å²) in [4.78, 5) is 47.4. The van der Waals surface area contributed by atoms with Crippen molar-refractivity contribution in [2.24, 2.45) is 0 Å². The van der Waals surface area contributed by atoms with Crippen molar-refractivity contribution >= 4 is 110 Å². The number of nitrogen functional groups attached to an aromatic ring is 2. The predicted molar refractivity (Wildman–Crippen MR) is 265 cm³/mol. The first-order valence-electron chi connectivity index (χ1n) is 19.8. The smallest absolute Gasteiger partial charge is 1.00 e. The van der Waals surface area contributed by atoms with Crippen molar-refractivity contribution < 1.29 is 45.9 Å². The Bertz CT molecular complexity index is 2720. The van der Waals surface area contributed by atoms with E-state index in [9.17, 15) is 19.5 Å². The Labute approximate surface area is 428 Å². The number of Topliss-reactive ketones (excluding diaryl/α,β-unsaturated/α-hetero) is 1. The molecule has 0 radical (unpaired) electrons. The number of amides is 2. The number of thiophene rings is 2. The number of rotatable bonds is 12. The minimum atomic E-state index is -0.880. The summed E-state index contributed by atoms with van der Waals surface area (Å²) in [5, 5.41) is 17.0. The van der Waals surface area contributed by atoms with Crippen LogP contribution in [0.5, 0.6) is 11.5 Å². The number of hydrogen-bond acceptors (Lipinski definition) is 12. The molecule has 0 aliphatic carbocycles. The predicted octanol–water partition coefficient (Wildman–Crippen LogP) is 5.86. The van der Waals surface area contributed by atoms with E-state index < -0.39 is 5.60 Å². The Kier molecular flexibility index (Phi) is 19.4. The molecule has 7 N–H and O–H groups in total. The van der Waals surface area contributed by atoms with E-state index in [0.717, 1.165) is 48.0 Å². The van der Waals surface area contributed by atoms with Crippen molar-refractivity contribution in [3.8, 4) is 32.4 Å². The van der Waals surface area contributed by atoms with Gasteiger partial charge in [-0.3, -0.25) is 14.4 Å². The summed E-state index contributed by atoms with van der Waals surface area (Å²) in [5.74, 6) is 1.78. The molecule has 0 spiro atoms. The van der Waals surface area contributed by atoms with E-state index >= 15 is 0 Å². The van der Waals surface area contributed by atoms with Gasteiger partial charge in [0, 0.05) is 63.1 Å². The number of ether oxygens (including phenoxy) is 2. The minimum Gasteiger partial charge on any atom is -1.00 e. The van der Waals surface area contributed by atoms with Crippen molar-refractivity contribution in [2.75, 3.05) is 24.6 Å².